The summed E-state index contributed by atoms with van der Waals surface area (Å²) in [6.45, 7) is 8.07. The maximum Gasteiger partial charge on any atom is 0.242 e. The van der Waals surface area contributed by atoms with Crippen molar-refractivity contribution in [2.24, 2.45) is 5.92 Å². The van der Waals surface area contributed by atoms with Crippen LogP contribution in [0.5, 0.6) is 0 Å². The van der Waals surface area contributed by atoms with Gasteiger partial charge in [0, 0.05) is 36.9 Å². The molecule has 5 nitrogen and oxygen atoms in total. The van der Waals surface area contributed by atoms with Gasteiger partial charge in [-0.1, -0.05) is 70.4 Å². The summed E-state index contributed by atoms with van der Waals surface area (Å²) in [4.78, 5) is 30.1. The Labute approximate surface area is 193 Å². The summed E-state index contributed by atoms with van der Waals surface area (Å²) in [5.74, 6) is 0.0450. The van der Waals surface area contributed by atoms with Crippen LogP contribution in [-0.2, 0) is 22.7 Å². The van der Waals surface area contributed by atoms with Crippen molar-refractivity contribution in [2.75, 3.05) is 13.1 Å². The molecule has 0 spiro atoms. The van der Waals surface area contributed by atoms with Crippen LogP contribution in [0, 0.1) is 5.92 Å². The van der Waals surface area contributed by atoms with Crippen LogP contribution >= 0.6 is 0 Å². The highest BCUT2D eigenvalue weighted by Crippen LogP contribution is 2.25. The summed E-state index contributed by atoms with van der Waals surface area (Å²) in [6, 6.07) is 14.9. The van der Waals surface area contributed by atoms with Crippen molar-refractivity contribution in [3.63, 3.8) is 0 Å². The van der Waals surface area contributed by atoms with Gasteiger partial charge in [-0.15, -0.1) is 0 Å². The highest BCUT2D eigenvalue weighted by atomic mass is 16.2. The first-order valence-electron chi connectivity index (χ1n) is 12.3. The van der Waals surface area contributed by atoms with E-state index in [1.807, 2.05) is 19.9 Å². The fraction of sp³-hybridized carbons (Fsp3) is 0.556. The van der Waals surface area contributed by atoms with Crippen LogP contribution in [0.2, 0.25) is 0 Å². The zero-order chi connectivity index (χ0) is 22.9. The van der Waals surface area contributed by atoms with E-state index in [0.29, 0.717) is 13.1 Å². The molecule has 2 amide bonds. The Bertz CT molecular complexity index is 853. The number of carbonyl (C=O) groups is 2. The molecule has 2 aromatic rings. The monoisotopic (exact) mass is 437 g/mol. The quantitative estimate of drug-likeness (QED) is 0.520. The molecule has 1 aliphatic carbocycles. The molecule has 0 atom stereocenters. The second-order valence-electron chi connectivity index (χ2n) is 9.34. The topological polar surface area (TPSA) is 45.6 Å². The Morgan fingerprint density at radius 2 is 1.75 bits per heavy atom. The van der Waals surface area contributed by atoms with Crippen LogP contribution in [0.25, 0.3) is 0 Å². The summed E-state index contributed by atoms with van der Waals surface area (Å²) in [5.41, 5.74) is 2.39. The third-order valence-corrected chi connectivity index (χ3v) is 6.41. The normalized spacial score (nSPS) is 14.5. The Morgan fingerprint density at radius 1 is 1.03 bits per heavy atom. The van der Waals surface area contributed by atoms with Crippen molar-refractivity contribution in [1.29, 1.82) is 0 Å². The van der Waals surface area contributed by atoms with Crippen molar-refractivity contribution < 1.29 is 9.59 Å². The summed E-state index contributed by atoms with van der Waals surface area (Å²) in [5, 5.41) is 0. The Kier molecular flexibility index (Phi) is 8.95. The average Bonchev–Trinajstić information content (AvgIpc) is 3.24. The van der Waals surface area contributed by atoms with E-state index < -0.39 is 0 Å². The number of hydrogen-bond acceptors (Lipinski definition) is 2. The molecule has 174 valence electrons. The van der Waals surface area contributed by atoms with Crippen LogP contribution in [0.4, 0.5) is 0 Å². The maximum atomic E-state index is 13.6. The number of hydrogen-bond donors (Lipinski definition) is 0. The molecule has 0 N–H and O–H groups in total. The Morgan fingerprint density at radius 3 is 2.41 bits per heavy atom. The van der Waals surface area contributed by atoms with Gasteiger partial charge in [0.15, 0.2) is 0 Å². The standard InChI is InChI=1S/C27H39N3O2/c1-4-17-29(27(32)22(2)3)21-26(31)30(24-14-9-6-10-15-24)20-25-16-11-18-28(25)19-23-12-7-5-8-13-23/h5,7-8,11-13,16,18,22,24H,4,6,9-10,14-15,17,19-21H2,1-3H3. The van der Waals surface area contributed by atoms with Crippen molar-refractivity contribution in [3.05, 3.63) is 59.9 Å². The van der Waals surface area contributed by atoms with Gasteiger partial charge in [0.2, 0.25) is 11.8 Å². The Hall–Kier alpha value is -2.56. The predicted molar refractivity (Wildman–Crippen MR) is 129 cm³/mol. The number of amides is 2. The lowest BCUT2D eigenvalue weighted by Crippen LogP contribution is -2.48. The van der Waals surface area contributed by atoms with E-state index in [2.05, 4.69) is 59.0 Å². The minimum Gasteiger partial charge on any atom is -0.345 e. The highest BCUT2D eigenvalue weighted by molar-refractivity contribution is 5.85. The van der Waals surface area contributed by atoms with E-state index in [4.69, 9.17) is 0 Å². The van der Waals surface area contributed by atoms with Crippen molar-refractivity contribution >= 4 is 11.8 Å². The van der Waals surface area contributed by atoms with Gasteiger partial charge in [0.25, 0.3) is 0 Å². The lowest BCUT2D eigenvalue weighted by Gasteiger charge is -2.36. The van der Waals surface area contributed by atoms with Gasteiger partial charge in [-0.25, -0.2) is 0 Å². The van der Waals surface area contributed by atoms with E-state index >= 15 is 0 Å². The predicted octanol–water partition coefficient (Wildman–Crippen LogP) is 5.09. The maximum absolute atomic E-state index is 13.6. The number of aromatic nitrogens is 1. The number of rotatable bonds is 10. The van der Waals surface area contributed by atoms with Gasteiger partial charge in [0.1, 0.15) is 0 Å². The van der Waals surface area contributed by atoms with E-state index in [-0.39, 0.29) is 30.3 Å². The van der Waals surface area contributed by atoms with Gasteiger partial charge in [-0.3, -0.25) is 9.59 Å². The van der Waals surface area contributed by atoms with Gasteiger partial charge in [-0.2, -0.15) is 0 Å². The summed E-state index contributed by atoms with van der Waals surface area (Å²) in [7, 11) is 0. The van der Waals surface area contributed by atoms with E-state index in [1.54, 1.807) is 4.90 Å². The smallest absolute Gasteiger partial charge is 0.242 e. The largest absolute Gasteiger partial charge is 0.345 e. The molecular weight excluding hydrogens is 398 g/mol. The molecule has 0 radical (unpaired) electrons. The van der Waals surface area contributed by atoms with E-state index in [1.165, 1.54) is 24.8 Å². The third kappa shape index (κ3) is 6.47. The molecular formula is C27H39N3O2. The third-order valence-electron chi connectivity index (χ3n) is 6.41. The first-order valence-corrected chi connectivity index (χ1v) is 12.3. The summed E-state index contributed by atoms with van der Waals surface area (Å²) < 4.78 is 2.24. The van der Waals surface area contributed by atoms with Crippen LogP contribution in [-0.4, -0.2) is 45.3 Å². The van der Waals surface area contributed by atoms with E-state index in [9.17, 15) is 9.59 Å². The molecule has 0 bridgehead atoms. The average molecular weight is 438 g/mol. The molecule has 0 unspecified atom stereocenters. The molecule has 1 fully saturated rings. The Balaban J connectivity index is 1.78. The van der Waals surface area contributed by atoms with Crippen LogP contribution in [0.15, 0.2) is 48.7 Å². The van der Waals surface area contributed by atoms with Crippen molar-refractivity contribution in [1.82, 2.24) is 14.4 Å². The lowest BCUT2D eigenvalue weighted by atomic mass is 9.94. The van der Waals surface area contributed by atoms with Crippen LogP contribution in [0.1, 0.15) is 70.6 Å². The highest BCUT2D eigenvalue weighted by Gasteiger charge is 2.29. The molecule has 1 aliphatic rings. The SMILES string of the molecule is CCCN(CC(=O)N(Cc1cccn1Cc1ccccc1)C1CCCCC1)C(=O)C(C)C. The molecule has 1 aromatic carbocycles. The number of carbonyl (C=O) groups excluding carboxylic acids is 2. The minimum atomic E-state index is -0.0967. The second-order valence-corrected chi connectivity index (χ2v) is 9.34. The van der Waals surface area contributed by atoms with Crippen molar-refractivity contribution in [2.45, 2.75) is 78.4 Å². The summed E-state index contributed by atoms with van der Waals surface area (Å²) in [6.07, 6.45) is 8.64. The summed E-state index contributed by atoms with van der Waals surface area (Å²) >= 11 is 0. The fourth-order valence-electron chi connectivity index (χ4n) is 4.67. The first kappa shape index (κ1) is 24.1. The van der Waals surface area contributed by atoms with Crippen molar-refractivity contribution in [3.8, 4) is 0 Å². The molecule has 0 aliphatic heterocycles. The van der Waals surface area contributed by atoms with Gasteiger partial charge < -0.3 is 14.4 Å². The molecule has 5 heteroatoms. The second kappa shape index (κ2) is 11.9. The zero-order valence-corrected chi connectivity index (χ0v) is 20.0. The molecule has 1 saturated carbocycles. The zero-order valence-electron chi connectivity index (χ0n) is 20.0. The fourth-order valence-corrected chi connectivity index (χ4v) is 4.67. The minimum absolute atomic E-state index is 0.0660. The number of nitrogens with zero attached hydrogens (tertiary/aromatic N) is 3. The molecule has 1 heterocycles. The number of benzene rings is 1. The molecule has 0 saturated heterocycles. The molecule has 3 rings (SSSR count). The molecule has 1 aromatic heterocycles. The van der Waals surface area contributed by atoms with Gasteiger partial charge >= 0.3 is 0 Å². The molecule has 32 heavy (non-hydrogen) atoms. The first-order chi connectivity index (χ1) is 15.5. The van der Waals surface area contributed by atoms with Gasteiger partial charge in [-0.05, 0) is 37.0 Å². The van der Waals surface area contributed by atoms with Crippen LogP contribution < -0.4 is 0 Å². The lowest BCUT2D eigenvalue weighted by molar-refractivity contribution is -0.144. The van der Waals surface area contributed by atoms with E-state index in [0.717, 1.165) is 31.5 Å². The van der Waals surface area contributed by atoms with Gasteiger partial charge in [0.05, 0.1) is 13.1 Å². The van der Waals surface area contributed by atoms with Crippen LogP contribution in [0.3, 0.4) is 0 Å².